The average molecular weight is 263 g/mol. The van der Waals surface area contributed by atoms with Gasteiger partial charge in [-0.05, 0) is 30.3 Å². The molecule has 3 rings (SSSR count). The van der Waals surface area contributed by atoms with Crippen molar-refractivity contribution in [1.29, 1.82) is 0 Å². The number of rotatable bonds is 1. The van der Waals surface area contributed by atoms with Crippen LogP contribution in [0.2, 0.25) is 0 Å². The summed E-state index contributed by atoms with van der Waals surface area (Å²) in [5.74, 6) is 0. The molecular formula is C13H8F3N3. The van der Waals surface area contributed by atoms with Crippen molar-refractivity contribution in [2.45, 2.75) is 6.18 Å². The van der Waals surface area contributed by atoms with E-state index in [4.69, 9.17) is 0 Å². The summed E-state index contributed by atoms with van der Waals surface area (Å²) in [5, 5.41) is 0. The molecule has 1 aromatic carbocycles. The van der Waals surface area contributed by atoms with Crippen molar-refractivity contribution < 1.29 is 13.2 Å². The van der Waals surface area contributed by atoms with Crippen molar-refractivity contribution in [2.75, 3.05) is 0 Å². The van der Waals surface area contributed by atoms with Crippen LogP contribution in [-0.2, 0) is 6.18 Å². The minimum atomic E-state index is -4.36. The molecule has 96 valence electrons. The molecule has 0 N–H and O–H groups in total. The predicted octanol–water partition coefficient (Wildman–Crippen LogP) is 3.44. The van der Waals surface area contributed by atoms with Crippen molar-refractivity contribution in [3.05, 3.63) is 54.5 Å². The highest BCUT2D eigenvalue weighted by atomic mass is 19.4. The van der Waals surface area contributed by atoms with Gasteiger partial charge in [0.05, 0.1) is 11.1 Å². The summed E-state index contributed by atoms with van der Waals surface area (Å²) in [6, 6.07) is 8.59. The Hall–Kier alpha value is -2.37. The fraction of sp³-hybridized carbons (Fsp3) is 0.0769. The van der Waals surface area contributed by atoms with Gasteiger partial charge in [0.15, 0.2) is 5.65 Å². The number of halogens is 3. The van der Waals surface area contributed by atoms with E-state index in [9.17, 15) is 13.2 Å². The molecule has 6 heteroatoms. The number of benzene rings is 1. The Kier molecular flexibility index (Phi) is 2.51. The lowest BCUT2D eigenvalue weighted by molar-refractivity contribution is -0.137. The Balaban J connectivity index is 2.17. The first-order chi connectivity index (χ1) is 9.05. The minimum absolute atomic E-state index is 0.408. The Labute approximate surface area is 106 Å². The van der Waals surface area contributed by atoms with E-state index in [0.29, 0.717) is 16.9 Å². The van der Waals surface area contributed by atoms with E-state index in [-0.39, 0.29) is 0 Å². The van der Waals surface area contributed by atoms with Crippen molar-refractivity contribution in [3.63, 3.8) is 0 Å². The molecule has 0 spiro atoms. The summed E-state index contributed by atoms with van der Waals surface area (Å²) < 4.78 is 39.6. The zero-order valence-electron chi connectivity index (χ0n) is 9.59. The highest BCUT2D eigenvalue weighted by Gasteiger charge is 2.30. The van der Waals surface area contributed by atoms with Crippen molar-refractivity contribution in [2.24, 2.45) is 0 Å². The van der Waals surface area contributed by atoms with Gasteiger partial charge in [0.2, 0.25) is 0 Å². The summed E-state index contributed by atoms with van der Waals surface area (Å²) in [6.07, 6.45) is -1.30. The summed E-state index contributed by atoms with van der Waals surface area (Å²) >= 11 is 0. The molecule has 0 aliphatic rings. The Bertz CT molecular complexity index is 731. The van der Waals surface area contributed by atoms with Crippen LogP contribution in [0.3, 0.4) is 0 Å². The standard InChI is InChI=1S/C13H8F3N3/c14-13(15,16)9-3-1-4-10(7-9)19-8-18-12-11(19)5-2-6-17-12/h1-8H. The Morgan fingerprint density at radius 1 is 1.00 bits per heavy atom. The summed E-state index contributed by atoms with van der Waals surface area (Å²) in [4.78, 5) is 8.10. The van der Waals surface area contributed by atoms with Gasteiger partial charge < -0.3 is 0 Å². The number of nitrogens with zero attached hydrogens (tertiary/aromatic N) is 3. The molecule has 0 bridgehead atoms. The van der Waals surface area contributed by atoms with Gasteiger partial charge in [-0.3, -0.25) is 4.57 Å². The fourth-order valence-corrected chi connectivity index (χ4v) is 1.89. The SMILES string of the molecule is FC(F)(F)c1cccc(-n2cnc3ncccc32)c1. The van der Waals surface area contributed by atoms with Gasteiger partial charge in [-0.2, -0.15) is 13.2 Å². The van der Waals surface area contributed by atoms with E-state index >= 15 is 0 Å². The van der Waals surface area contributed by atoms with Crippen LogP contribution in [0.25, 0.3) is 16.9 Å². The highest BCUT2D eigenvalue weighted by molar-refractivity contribution is 5.72. The van der Waals surface area contributed by atoms with Crippen molar-refractivity contribution in [1.82, 2.24) is 14.5 Å². The maximum absolute atomic E-state index is 12.7. The van der Waals surface area contributed by atoms with E-state index in [1.54, 1.807) is 29.0 Å². The van der Waals surface area contributed by atoms with Crippen LogP contribution < -0.4 is 0 Å². The third kappa shape index (κ3) is 2.05. The lowest BCUT2D eigenvalue weighted by Gasteiger charge is -2.09. The first-order valence-electron chi connectivity index (χ1n) is 5.51. The van der Waals surface area contributed by atoms with E-state index < -0.39 is 11.7 Å². The van der Waals surface area contributed by atoms with E-state index in [1.165, 1.54) is 12.4 Å². The van der Waals surface area contributed by atoms with Gasteiger partial charge in [-0.15, -0.1) is 0 Å². The van der Waals surface area contributed by atoms with E-state index in [1.807, 2.05) is 0 Å². The summed E-state index contributed by atoms with van der Waals surface area (Å²) in [5.41, 5.74) is 0.891. The third-order valence-electron chi connectivity index (χ3n) is 2.77. The van der Waals surface area contributed by atoms with Crippen LogP contribution in [-0.4, -0.2) is 14.5 Å². The second kappa shape index (κ2) is 4.08. The quantitative estimate of drug-likeness (QED) is 0.673. The van der Waals surface area contributed by atoms with Gasteiger partial charge in [0.25, 0.3) is 0 Å². The molecule has 0 amide bonds. The van der Waals surface area contributed by atoms with Crippen LogP contribution in [0.4, 0.5) is 13.2 Å². The first-order valence-corrected chi connectivity index (χ1v) is 5.51. The minimum Gasteiger partial charge on any atom is -0.297 e. The molecule has 0 atom stereocenters. The molecule has 0 aliphatic heterocycles. The number of hydrogen-bond donors (Lipinski definition) is 0. The maximum atomic E-state index is 12.7. The Morgan fingerprint density at radius 3 is 2.63 bits per heavy atom. The molecule has 3 nitrogen and oxygen atoms in total. The number of pyridine rings is 1. The van der Waals surface area contributed by atoms with Gasteiger partial charge in [0, 0.05) is 11.9 Å². The first kappa shape index (κ1) is 11.7. The van der Waals surface area contributed by atoms with Crippen molar-refractivity contribution in [3.8, 4) is 5.69 Å². The monoisotopic (exact) mass is 263 g/mol. The third-order valence-corrected chi connectivity index (χ3v) is 2.77. The molecule has 0 saturated carbocycles. The molecule has 0 aliphatic carbocycles. The molecule has 19 heavy (non-hydrogen) atoms. The number of imidazole rings is 1. The zero-order chi connectivity index (χ0) is 13.5. The van der Waals surface area contributed by atoms with Gasteiger partial charge in [-0.25, -0.2) is 9.97 Å². The Morgan fingerprint density at radius 2 is 1.84 bits per heavy atom. The smallest absolute Gasteiger partial charge is 0.297 e. The van der Waals surface area contributed by atoms with Gasteiger partial charge in [-0.1, -0.05) is 6.07 Å². The van der Waals surface area contributed by atoms with Crippen molar-refractivity contribution >= 4 is 11.2 Å². The van der Waals surface area contributed by atoms with Crippen LogP contribution in [0.5, 0.6) is 0 Å². The summed E-state index contributed by atoms with van der Waals surface area (Å²) in [6.45, 7) is 0. The van der Waals surface area contributed by atoms with Crippen LogP contribution in [0, 0.1) is 0 Å². The normalized spacial score (nSPS) is 11.9. The average Bonchev–Trinajstić information content (AvgIpc) is 2.82. The zero-order valence-corrected chi connectivity index (χ0v) is 9.59. The maximum Gasteiger partial charge on any atom is 0.416 e. The highest BCUT2D eigenvalue weighted by Crippen LogP contribution is 2.30. The lowest BCUT2D eigenvalue weighted by atomic mass is 10.2. The van der Waals surface area contributed by atoms with Crippen LogP contribution >= 0.6 is 0 Å². The second-order valence-corrected chi connectivity index (χ2v) is 4.01. The molecule has 2 aromatic heterocycles. The van der Waals surface area contributed by atoms with Gasteiger partial charge >= 0.3 is 6.18 Å². The molecular weight excluding hydrogens is 255 g/mol. The second-order valence-electron chi connectivity index (χ2n) is 4.01. The lowest BCUT2D eigenvalue weighted by Crippen LogP contribution is -2.05. The number of fused-ring (bicyclic) bond motifs is 1. The van der Waals surface area contributed by atoms with Crippen LogP contribution in [0.1, 0.15) is 5.56 Å². The number of aromatic nitrogens is 3. The molecule has 0 unspecified atom stereocenters. The molecule has 0 fully saturated rings. The number of alkyl halides is 3. The summed E-state index contributed by atoms with van der Waals surface area (Å²) in [7, 11) is 0. The fourth-order valence-electron chi connectivity index (χ4n) is 1.89. The number of hydrogen-bond acceptors (Lipinski definition) is 2. The van der Waals surface area contributed by atoms with E-state index in [2.05, 4.69) is 9.97 Å². The molecule has 2 heterocycles. The predicted molar refractivity (Wildman–Crippen MR) is 63.9 cm³/mol. The molecule has 3 aromatic rings. The van der Waals surface area contributed by atoms with Gasteiger partial charge in [0.1, 0.15) is 6.33 Å². The topological polar surface area (TPSA) is 30.7 Å². The van der Waals surface area contributed by atoms with Crippen LogP contribution in [0.15, 0.2) is 48.9 Å². The largest absolute Gasteiger partial charge is 0.416 e. The molecule has 0 saturated heterocycles. The van der Waals surface area contributed by atoms with E-state index in [0.717, 1.165) is 12.1 Å². The molecule has 0 radical (unpaired) electrons.